The molecule has 0 fully saturated rings. The Bertz CT molecular complexity index is 3.61. The van der Waals surface area contributed by atoms with Gasteiger partial charge in [-0.3, -0.25) is 0 Å². The average molecular weight is 119 g/mol. The molecule has 5 heavy (non-hydrogen) atoms. The number of rotatable bonds is 0. The van der Waals surface area contributed by atoms with Gasteiger partial charge in [0.25, 0.3) is 0 Å². The summed E-state index contributed by atoms with van der Waals surface area (Å²) in [5, 5.41) is 0. The Balaban J connectivity index is 0. The van der Waals surface area contributed by atoms with E-state index in [4.69, 9.17) is 0 Å². The van der Waals surface area contributed by atoms with Crippen molar-refractivity contribution >= 4 is 0 Å². The van der Waals surface area contributed by atoms with Crippen molar-refractivity contribution in [2.24, 2.45) is 0 Å². The van der Waals surface area contributed by atoms with E-state index < -0.39 is 0 Å². The minimum Gasteiger partial charge on any atom is -0.358 e. The van der Waals surface area contributed by atoms with Gasteiger partial charge < -0.3 is 29.7 Å². The van der Waals surface area contributed by atoms with Gasteiger partial charge in [0.15, 0.2) is 0 Å². The maximum Gasteiger partial charge on any atom is 0 e. The quantitative estimate of drug-likeness (QED) is 0.336. The molecule has 0 unspecified atom stereocenters. The van der Waals surface area contributed by atoms with Crippen molar-refractivity contribution in [2.45, 2.75) is 0 Å². The smallest absolute Gasteiger partial charge is 0 e. The summed E-state index contributed by atoms with van der Waals surface area (Å²) >= 11 is 0. The Labute approximate surface area is 46.9 Å². The number of hydrogen-bond donors (Lipinski definition) is 0. The second-order valence-electron chi connectivity index (χ2n) is 0. The summed E-state index contributed by atoms with van der Waals surface area (Å²) in [5.41, 5.74) is 0. The van der Waals surface area contributed by atoms with Crippen LogP contribution >= 0.6 is 0 Å². The molecule has 0 bridgehead atoms. The van der Waals surface area contributed by atoms with Crippen LogP contribution in [0.25, 0.3) is 0 Å². The molecule has 0 N–H and O–H groups in total. The van der Waals surface area contributed by atoms with Gasteiger partial charge in [0, 0.05) is 16.5 Å². The molecule has 0 heterocycles. The first-order valence-corrected chi connectivity index (χ1v) is 0. The predicted molar refractivity (Wildman–Crippen MR) is 25.7 cm³/mol. The van der Waals surface area contributed by atoms with Crippen LogP contribution in [0.3, 0.4) is 0 Å². The van der Waals surface area contributed by atoms with Crippen LogP contribution in [-0.2, 0) is 16.5 Å². The Morgan fingerprint density at radius 1 is 0.400 bits per heavy atom. The van der Waals surface area contributed by atoms with Crippen molar-refractivity contribution in [1.29, 1.82) is 0 Å². The molecule has 0 saturated carbocycles. The zero-order chi connectivity index (χ0) is 0. The second kappa shape index (κ2) is 225. The van der Waals surface area contributed by atoms with E-state index in [1.54, 1.807) is 0 Å². The van der Waals surface area contributed by atoms with Crippen molar-refractivity contribution in [3.8, 4) is 0 Å². The summed E-state index contributed by atoms with van der Waals surface area (Å²) in [5.74, 6) is 0. The molecule has 0 aliphatic rings. The van der Waals surface area contributed by atoms with Gasteiger partial charge in [0.05, 0.1) is 0 Å². The van der Waals surface area contributed by atoms with E-state index in [1.807, 2.05) is 0 Å². The topological polar surface area (TPSA) is 0 Å². The van der Waals surface area contributed by atoms with Gasteiger partial charge in [0.1, 0.15) is 0 Å². The van der Waals surface area contributed by atoms with Crippen molar-refractivity contribution < 1.29 is 16.5 Å². The minimum atomic E-state index is 0. The maximum atomic E-state index is 0. The van der Waals surface area contributed by atoms with E-state index in [0.717, 1.165) is 0 Å². The van der Waals surface area contributed by atoms with Gasteiger partial charge in [-0.05, 0) is 0 Å². The largest absolute Gasteiger partial charge is 0.358 e. The van der Waals surface area contributed by atoms with E-state index in [2.05, 4.69) is 0 Å². The van der Waals surface area contributed by atoms with Crippen LogP contribution in [0.5, 0.6) is 0 Å². The van der Waals surface area contributed by atoms with Crippen LogP contribution in [0.15, 0.2) is 0 Å². The molecule has 0 radical (unpaired) electrons. The van der Waals surface area contributed by atoms with E-state index >= 15 is 0 Å². The van der Waals surface area contributed by atoms with Crippen molar-refractivity contribution in [3.05, 3.63) is 29.7 Å². The molecule has 0 rings (SSSR count). The zero-order valence-corrected chi connectivity index (χ0v) is 5.30. The summed E-state index contributed by atoms with van der Waals surface area (Å²) in [6, 6.07) is 0. The summed E-state index contributed by atoms with van der Waals surface area (Å²) in [7, 11) is 0. The van der Waals surface area contributed by atoms with Gasteiger partial charge in [-0.2, -0.15) is 0 Å². The molecule has 42 valence electrons. The van der Waals surface area contributed by atoms with Gasteiger partial charge in [0.2, 0.25) is 0 Å². The first-order chi connectivity index (χ1) is 0. The zero-order valence-electron chi connectivity index (χ0n) is 4.32. The average Bonchev–Trinajstić information content (AvgIpc) is 0. The molecule has 0 aromatic heterocycles. The van der Waals surface area contributed by atoms with E-state index in [0.29, 0.717) is 0 Å². The molecule has 0 aliphatic carbocycles. The van der Waals surface area contributed by atoms with Gasteiger partial charge >= 0.3 is 0 Å². The fourth-order valence-electron chi connectivity index (χ4n) is 0. The van der Waals surface area contributed by atoms with E-state index in [9.17, 15) is 0 Å². The van der Waals surface area contributed by atoms with Crippen molar-refractivity contribution in [3.63, 3.8) is 0 Å². The Kier molecular flexibility index (Phi) is 20500. The summed E-state index contributed by atoms with van der Waals surface area (Å²) in [6.45, 7) is 0. The molecule has 0 amide bonds. The SMILES string of the molecule is [CH3-].[CH3-].[CH3-].[CH3-].[Ni]. The molecule has 0 aromatic carbocycles. The van der Waals surface area contributed by atoms with Crippen molar-refractivity contribution in [1.82, 2.24) is 0 Å². The first-order valence-electron chi connectivity index (χ1n) is 0. The summed E-state index contributed by atoms with van der Waals surface area (Å²) < 4.78 is 0. The summed E-state index contributed by atoms with van der Waals surface area (Å²) in [6.07, 6.45) is 0. The normalized spacial score (nSPS) is 0. The van der Waals surface area contributed by atoms with Crippen LogP contribution in [0.2, 0.25) is 0 Å². The Morgan fingerprint density at radius 3 is 0.400 bits per heavy atom. The molecular weight excluding hydrogens is 107 g/mol. The molecule has 0 aromatic rings. The Morgan fingerprint density at radius 2 is 0.400 bits per heavy atom. The fourth-order valence-corrected chi connectivity index (χ4v) is 0. The fraction of sp³-hybridized carbons (Fsp3) is 0. The van der Waals surface area contributed by atoms with E-state index in [1.165, 1.54) is 0 Å². The van der Waals surface area contributed by atoms with Crippen LogP contribution < -0.4 is 0 Å². The van der Waals surface area contributed by atoms with E-state index in [-0.39, 0.29) is 46.2 Å². The monoisotopic (exact) mass is 118 g/mol. The van der Waals surface area contributed by atoms with Crippen molar-refractivity contribution in [2.75, 3.05) is 0 Å². The van der Waals surface area contributed by atoms with Gasteiger partial charge in [-0.15, -0.1) is 0 Å². The molecule has 0 atom stereocenters. The molecule has 0 saturated heterocycles. The van der Waals surface area contributed by atoms with Crippen LogP contribution in [0, 0.1) is 29.7 Å². The summed E-state index contributed by atoms with van der Waals surface area (Å²) in [4.78, 5) is 0. The van der Waals surface area contributed by atoms with Gasteiger partial charge in [-0.1, -0.05) is 0 Å². The maximum absolute atomic E-state index is 0. The van der Waals surface area contributed by atoms with Crippen LogP contribution in [0.4, 0.5) is 0 Å². The third-order valence-corrected chi connectivity index (χ3v) is 0. The number of hydrogen-bond acceptors (Lipinski definition) is 0. The minimum absolute atomic E-state index is 0. The second-order valence-corrected chi connectivity index (χ2v) is 0. The molecular formula is C4H12Ni-4. The third-order valence-electron chi connectivity index (χ3n) is 0. The predicted octanol–water partition coefficient (Wildman–Crippen LogP) is 1.80. The van der Waals surface area contributed by atoms with Crippen LogP contribution in [-0.4, -0.2) is 0 Å². The van der Waals surface area contributed by atoms with Gasteiger partial charge in [-0.25, -0.2) is 0 Å². The molecule has 0 spiro atoms. The Hall–Kier alpha value is 0.494. The first kappa shape index (κ1) is 455. The molecule has 0 aliphatic heterocycles. The molecule has 1 heteroatoms. The third kappa shape index (κ3) is 115. The standard InChI is InChI=1S/4CH3.Ni/h4*1H3;/q4*-1;. The molecule has 0 nitrogen and oxygen atoms in total. The van der Waals surface area contributed by atoms with Crippen LogP contribution in [0.1, 0.15) is 0 Å².